The molecule has 2 heterocycles. The summed E-state index contributed by atoms with van der Waals surface area (Å²) in [6, 6.07) is 3.39. The van der Waals surface area contributed by atoms with Crippen LogP contribution in [0.2, 0.25) is 0 Å². The molecule has 2 rings (SSSR count). The zero-order chi connectivity index (χ0) is 13.2. The Morgan fingerprint density at radius 1 is 1.72 bits per heavy atom. The molecule has 0 aliphatic carbocycles. The summed E-state index contributed by atoms with van der Waals surface area (Å²) < 4.78 is 4.90. The molecule has 0 bridgehead atoms. The third-order valence-corrected chi connectivity index (χ3v) is 3.63. The number of hydrogen-bond donors (Lipinski definition) is 1. The number of methoxy groups -OCH3 is 1. The van der Waals surface area contributed by atoms with Crippen molar-refractivity contribution in [3.05, 3.63) is 30.1 Å². The lowest BCUT2D eigenvalue weighted by atomic mass is 10.2. The zero-order valence-electron chi connectivity index (χ0n) is 10.3. The summed E-state index contributed by atoms with van der Waals surface area (Å²) >= 11 is 6.14. The Hall–Kier alpha value is -1.17. The maximum atomic E-state index is 11.8. The van der Waals surface area contributed by atoms with Crippen LogP contribution in [0.3, 0.4) is 0 Å². The maximum Gasteiger partial charge on any atom is 0.366 e. The molecular weight excluding hydrogens is 254 g/mol. The van der Waals surface area contributed by atoms with Crippen molar-refractivity contribution in [3.8, 4) is 0 Å². The number of aromatic nitrogens is 1. The lowest BCUT2D eigenvalue weighted by molar-refractivity contribution is -0.955. The van der Waals surface area contributed by atoms with Gasteiger partial charge in [0.15, 0.2) is 0 Å². The highest BCUT2D eigenvalue weighted by Gasteiger charge is 2.49. The van der Waals surface area contributed by atoms with Crippen molar-refractivity contribution in [1.82, 2.24) is 4.98 Å². The smallest absolute Gasteiger partial charge is 0.366 e. The Labute approximate surface area is 111 Å². The summed E-state index contributed by atoms with van der Waals surface area (Å²) in [4.78, 5) is 15.8. The fraction of sp³-hybridized carbons (Fsp3) is 0.500. The van der Waals surface area contributed by atoms with Gasteiger partial charge in [-0.25, -0.2) is 9.39 Å². The van der Waals surface area contributed by atoms with E-state index < -0.39 is 6.04 Å². The van der Waals surface area contributed by atoms with Gasteiger partial charge in [0.05, 0.1) is 12.5 Å². The van der Waals surface area contributed by atoms with Gasteiger partial charge in [-0.2, -0.15) is 5.84 Å². The van der Waals surface area contributed by atoms with Crippen LogP contribution in [-0.2, 0) is 16.1 Å². The Morgan fingerprint density at radius 3 is 3.11 bits per heavy atom. The summed E-state index contributed by atoms with van der Waals surface area (Å²) in [6.07, 6.45) is 4.00. The van der Waals surface area contributed by atoms with Crippen LogP contribution in [0.25, 0.3) is 0 Å². The number of nitrogens with two attached hydrogens (primary N) is 1. The van der Waals surface area contributed by atoms with Crippen LogP contribution in [0.1, 0.15) is 12.0 Å². The minimum absolute atomic E-state index is 0.0898. The number of hydrogen-bond acceptors (Lipinski definition) is 4. The number of alkyl halides is 1. The number of halogens is 1. The van der Waals surface area contributed by atoms with Gasteiger partial charge in [0.2, 0.25) is 6.04 Å². The van der Waals surface area contributed by atoms with E-state index >= 15 is 0 Å². The van der Waals surface area contributed by atoms with Crippen molar-refractivity contribution < 1.29 is 14.1 Å². The lowest BCUT2D eigenvalue weighted by Gasteiger charge is -2.32. The van der Waals surface area contributed by atoms with E-state index in [0.717, 1.165) is 5.56 Å². The van der Waals surface area contributed by atoms with E-state index in [-0.39, 0.29) is 15.9 Å². The Balaban J connectivity index is 2.19. The minimum Gasteiger partial charge on any atom is -0.465 e. The normalized spacial score (nSPS) is 31.3. The van der Waals surface area contributed by atoms with Crippen molar-refractivity contribution in [2.45, 2.75) is 24.4 Å². The molecule has 6 heteroatoms. The van der Waals surface area contributed by atoms with E-state index in [4.69, 9.17) is 22.2 Å². The molecule has 1 unspecified atom stereocenters. The van der Waals surface area contributed by atoms with Crippen molar-refractivity contribution in [2.24, 2.45) is 5.84 Å². The molecule has 1 saturated heterocycles. The van der Waals surface area contributed by atoms with Crippen LogP contribution in [0.5, 0.6) is 0 Å². The molecule has 1 aliphatic heterocycles. The van der Waals surface area contributed by atoms with Gasteiger partial charge in [0.25, 0.3) is 0 Å². The first kappa shape index (κ1) is 13.3. The summed E-state index contributed by atoms with van der Waals surface area (Å²) in [5, 5.41) is -0.101. The highest BCUT2D eigenvalue weighted by Crippen LogP contribution is 2.29. The number of quaternary nitrogens is 1. The van der Waals surface area contributed by atoms with Gasteiger partial charge >= 0.3 is 5.97 Å². The average molecular weight is 271 g/mol. The van der Waals surface area contributed by atoms with Gasteiger partial charge in [0, 0.05) is 24.4 Å². The summed E-state index contributed by atoms with van der Waals surface area (Å²) in [7, 11) is 1.37. The van der Waals surface area contributed by atoms with Gasteiger partial charge in [-0.05, 0) is 6.07 Å². The van der Waals surface area contributed by atoms with E-state index in [1.54, 1.807) is 12.4 Å². The molecule has 1 fully saturated rings. The van der Waals surface area contributed by atoms with E-state index in [2.05, 4.69) is 4.98 Å². The monoisotopic (exact) mass is 270 g/mol. The predicted molar refractivity (Wildman–Crippen MR) is 67.3 cm³/mol. The first-order valence-electron chi connectivity index (χ1n) is 5.81. The van der Waals surface area contributed by atoms with Gasteiger partial charge in [-0.1, -0.05) is 6.07 Å². The van der Waals surface area contributed by atoms with Crippen molar-refractivity contribution >= 4 is 17.6 Å². The highest BCUT2D eigenvalue weighted by atomic mass is 35.5. The summed E-state index contributed by atoms with van der Waals surface area (Å²) in [5.74, 6) is 6.03. The van der Waals surface area contributed by atoms with Gasteiger partial charge < -0.3 is 4.74 Å². The zero-order valence-corrected chi connectivity index (χ0v) is 11.0. The topological polar surface area (TPSA) is 65.2 Å². The SMILES string of the molecule is COC(=O)[C@@H]1C[C@H](Cl)C[N+]1(N)Cc1cccnc1. The molecule has 1 aromatic heterocycles. The maximum absolute atomic E-state index is 11.8. The summed E-state index contributed by atoms with van der Waals surface area (Å²) in [5.41, 5.74) is 0.986. The van der Waals surface area contributed by atoms with Crippen molar-refractivity contribution in [3.63, 3.8) is 0 Å². The Bertz CT molecular complexity index is 429. The first-order valence-corrected chi connectivity index (χ1v) is 6.25. The number of esters is 1. The van der Waals surface area contributed by atoms with E-state index in [1.165, 1.54) is 7.11 Å². The quantitative estimate of drug-likeness (QED) is 0.382. The standard InChI is InChI=1S/C12H17ClN3O2/c1-18-12(17)11-5-10(13)8-16(11,14)7-9-3-2-4-15-6-9/h2-4,6,10-11H,5,7-8,14H2,1H3/q+1/t10-,11-,16?/m0/s1. The second kappa shape index (κ2) is 5.22. The number of nitrogens with zero attached hydrogens (tertiary/aromatic N) is 2. The molecule has 5 nitrogen and oxygen atoms in total. The number of carbonyl (C=O) groups excluding carboxylic acids is 1. The molecular formula is C12H17ClN3O2+. The highest BCUT2D eigenvalue weighted by molar-refractivity contribution is 6.21. The van der Waals surface area contributed by atoms with Gasteiger partial charge in [-0.3, -0.25) is 4.98 Å². The molecule has 1 aliphatic rings. The molecule has 3 atom stereocenters. The van der Waals surface area contributed by atoms with Crippen LogP contribution in [0.15, 0.2) is 24.5 Å². The van der Waals surface area contributed by atoms with Crippen molar-refractivity contribution in [2.75, 3.05) is 13.7 Å². The molecule has 1 aromatic rings. The van der Waals surface area contributed by atoms with Crippen LogP contribution in [0.4, 0.5) is 0 Å². The largest absolute Gasteiger partial charge is 0.465 e. The molecule has 98 valence electrons. The third-order valence-electron chi connectivity index (χ3n) is 3.31. The first-order chi connectivity index (χ1) is 8.55. The molecule has 0 amide bonds. The number of ether oxygens (including phenoxy) is 1. The molecule has 0 aromatic carbocycles. The second-order valence-electron chi connectivity index (χ2n) is 4.68. The Kier molecular flexibility index (Phi) is 3.85. The average Bonchev–Trinajstić information content (AvgIpc) is 2.64. The van der Waals surface area contributed by atoms with Crippen LogP contribution in [-0.4, -0.2) is 40.6 Å². The molecule has 0 saturated carbocycles. The molecule has 0 spiro atoms. The number of pyridine rings is 1. The van der Waals surface area contributed by atoms with Crippen LogP contribution in [0, 0.1) is 0 Å². The number of rotatable bonds is 3. The van der Waals surface area contributed by atoms with E-state index in [1.807, 2.05) is 12.1 Å². The number of carbonyl (C=O) groups is 1. The van der Waals surface area contributed by atoms with E-state index in [9.17, 15) is 4.79 Å². The number of likely N-dealkylation sites (tertiary alicyclic amines) is 1. The minimum atomic E-state index is -0.405. The Morgan fingerprint density at radius 2 is 2.50 bits per heavy atom. The molecule has 2 N–H and O–H groups in total. The fourth-order valence-electron chi connectivity index (χ4n) is 2.47. The summed E-state index contributed by atoms with van der Waals surface area (Å²) in [6.45, 7) is 1.08. The lowest BCUT2D eigenvalue weighted by Crippen LogP contribution is -2.60. The predicted octanol–water partition coefficient (Wildman–Crippen LogP) is 0.825. The third kappa shape index (κ3) is 2.63. The van der Waals surface area contributed by atoms with Crippen molar-refractivity contribution in [1.29, 1.82) is 0 Å². The fourth-order valence-corrected chi connectivity index (χ4v) is 2.90. The van der Waals surface area contributed by atoms with Crippen LogP contribution < -0.4 is 5.84 Å². The second-order valence-corrected chi connectivity index (χ2v) is 5.29. The van der Waals surface area contributed by atoms with Gasteiger partial charge in [0.1, 0.15) is 13.1 Å². The van der Waals surface area contributed by atoms with Gasteiger partial charge in [-0.15, -0.1) is 11.6 Å². The van der Waals surface area contributed by atoms with Crippen LogP contribution >= 0.6 is 11.6 Å². The van der Waals surface area contributed by atoms with E-state index in [0.29, 0.717) is 19.5 Å². The molecule has 0 radical (unpaired) electrons. The molecule has 18 heavy (non-hydrogen) atoms.